The molecule has 0 saturated heterocycles. The Kier molecular flexibility index (Phi) is 3.98. The molecule has 0 radical (unpaired) electrons. The van der Waals surface area contributed by atoms with Crippen molar-refractivity contribution in [1.82, 2.24) is 0 Å². The molecule has 1 aromatic carbocycles. The van der Waals surface area contributed by atoms with Gasteiger partial charge in [0.25, 0.3) is 0 Å². The highest BCUT2D eigenvalue weighted by atomic mass is 16.1. The lowest BCUT2D eigenvalue weighted by molar-refractivity contribution is -0.119. The van der Waals surface area contributed by atoms with Crippen LogP contribution in [0.3, 0.4) is 0 Å². The largest absolute Gasteiger partial charge is 0.300 e. The second-order valence-corrected chi connectivity index (χ2v) is 5.49. The average Bonchev–Trinajstić information content (AvgIpc) is 2.48. The summed E-state index contributed by atoms with van der Waals surface area (Å²) in [6.07, 6.45) is 6.23. The minimum atomic E-state index is 0.470. The Balaban J connectivity index is 2.08. The number of carbonyl (C=O) groups excluding carboxylic acids is 1. The predicted molar refractivity (Wildman–Crippen MR) is 71.2 cm³/mol. The molecule has 0 amide bonds. The van der Waals surface area contributed by atoms with Crippen LogP contribution in [0.5, 0.6) is 0 Å². The second kappa shape index (κ2) is 5.48. The molecule has 1 heteroatoms. The van der Waals surface area contributed by atoms with E-state index in [1.54, 1.807) is 0 Å². The van der Waals surface area contributed by atoms with E-state index in [1.165, 1.54) is 29.5 Å². The summed E-state index contributed by atoms with van der Waals surface area (Å²) < 4.78 is 0. The topological polar surface area (TPSA) is 17.1 Å². The molecular weight excluding hydrogens is 208 g/mol. The van der Waals surface area contributed by atoms with Crippen LogP contribution in [-0.2, 0) is 11.2 Å². The van der Waals surface area contributed by atoms with E-state index in [9.17, 15) is 4.79 Å². The van der Waals surface area contributed by atoms with Crippen molar-refractivity contribution in [2.24, 2.45) is 5.92 Å². The molecule has 1 aliphatic carbocycles. The first kappa shape index (κ1) is 12.3. The average molecular weight is 230 g/mol. The summed E-state index contributed by atoms with van der Waals surface area (Å²) >= 11 is 0. The highest BCUT2D eigenvalue weighted by Gasteiger charge is 2.18. The lowest BCUT2D eigenvalue weighted by atomic mass is 9.89. The Bertz CT molecular complexity index is 406. The molecule has 0 aliphatic heterocycles. The van der Waals surface area contributed by atoms with Crippen LogP contribution in [0.4, 0.5) is 0 Å². The van der Waals surface area contributed by atoms with Crippen LogP contribution in [0.2, 0.25) is 0 Å². The van der Waals surface area contributed by atoms with Crippen molar-refractivity contribution in [2.75, 3.05) is 0 Å². The molecule has 1 atom stereocenters. The first-order valence-electron chi connectivity index (χ1n) is 6.73. The Morgan fingerprint density at radius 1 is 1.24 bits per heavy atom. The van der Waals surface area contributed by atoms with Crippen LogP contribution in [-0.4, -0.2) is 5.78 Å². The summed E-state index contributed by atoms with van der Waals surface area (Å²) in [5, 5.41) is 0. The highest BCUT2D eigenvalue weighted by Crippen LogP contribution is 2.25. The van der Waals surface area contributed by atoms with E-state index in [0.717, 1.165) is 25.7 Å². The van der Waals surface area contributed by atoms with Gasteiger partial charge in [0.15, 0.2) is 0 Å². The summed E-state index contributed by atoms with van der Waals surface area (Å²) in [5.74, 6) is 1.04. The van der Waals surface area contributed by atoms with E-state index in [2.05, 4.69) is 32.0 Å². The van der Waals surface area contributed by atoms with Crippen molar-refractivity contribution in [3.63, 3.8) is 0 Å². The van der Waals surface area contributed by atoms with Crippen molar-refractivity contribution in [3.8, 4) is 0 Å². The van der Waals surface area contributed by atoms with Gasteiger partial charge in [0.1, 0.15) is 5.78 Å². The number of hydrogen-bond acceptors (Lipinski definition) is 1. The SMILES string of the molecule is Cc1ccc(C)c(CC2CCCCC(=O)C2)c1. The number of hydrogen-bond donors (Lipinski definition) is 0. The maximum Gasteiger partial charge on any atom is 0.133 e. The van der Waals surface area contributed by atoms with Crippen molar-refractivity contribution < 1.29 is 4.79 Å². The van der Waals surface area contributed by atoms with E-state index < -0.39 is 0 Å². The number of benzene rings is 1. The van der Waals surface area contributed by atoms with E-state index in [-0.39, 0.29) is 0 Å². The second-order valence-electron chi connectivity index (χ2n) is 5.49. The van der Waals surface area contributed by atoms with Crippen LogP contribution >= 0.6 is 0 Å². The zero-order chi connectivity index (χ0) is 12.3. The van der Waals surface area contributed by atoms with Gasteiger partial charge in [0.05, 0.1) is 0 Å². The minimum absolute atomic E-state index is 0.470. The van der Waals surface area contributed by atoms with Crippen molar-refractivity contribution in [1.29, 1.82) is 0 Å². The quantitative estimate of drug-likeness (QED) is 0.702. The molecular formula is C16H22O. The predicted octanol–water partition coefficient (Wildman–Crippen LogP) is 4.00. The Morgan fingerprint density at radius 2 is 2.06 bits per heavy atom. The molecule has 1 nitrogen and oxygen atoms in total. The number of aryl methyl sites for hydroxylation is 2. The third-order valence-corrected chi connectivity index (χ3v) is 3.85. The van der Waals surface area contributed by atoms with Crippen LogP contribution in [0.25, 0.3) is 0 Å². The van der Waals surface area contributed by atoms with Gasteiger partial charge in [-0.3, -0.25) is 4.79 Å². The lowest BCUT2D eigenvalue weighted by Gasteiger charge is -2.15. The molecule has 1 unspecified atom stereocenters. The summed E-state index contributed by atoms with van der Waals surface area (Å²) in [4.78, 5) is 11.6. The Morgan fingerprint density at radius 3 is 2.88 bits per heavy atom. The highest BCUT2D eigenvalue weighted by molar-refractivity contribution is 5.78. The normalized spacial score (nSPS) is 21.3. The molecule has 0 spiro atoms. The van der Waals surface area contributed by atoms with Crippen molar-refractivity contribution in [3.05, 3.63) is 34.9 Å². The molecule has 2 rings (SSSR count). The monoisotopic (exact) mass is 230 g/mol. The van der Waals surface area contributed by atoms with Gasteiger partial charge >= 0.3 is 0 Å². The Labute approximate surface area is 104 Å². The van der Waals surface area contributed by atoms with Gasteiger partial charge in [0, 0.05) is 12.8 Å². The van der Waals surface area contributed by atoms with Crippen molar-refractivity contribution in [2.45, 2.75) is 52.4 Å². The van der Waals surface area contributed by atoms with Crippen LogP contribution in [0.15, 0.2) is 18.2 Å². The first-order valence-corrected chi connectivity index (χ1v) is 6.73. The third-order valence-electron chi connectivity index (χ3n) is 3.85. The van der Waals surface area contributed by atoms with Gasteiger partial charge in [-0.2, -0.15) is 0 Å². The molecule has 0 heterocycles. The minimum Gasteiger partial charge on any atom is -0.300 e. The summed E-state index contributed by atoms with van der Waals surface area (Å²) in [6.45, 7) is 4.31. The van der Waals surface area contributed by atoms with Crippen LogP contribution in [0, 0.1) is 19.8 Å². The van der Waals surface area contributed by atoms with Gasteiger partial charge < -0.3 is 0 Å². The zero-order valence-corrected chi connectivity index (χ0v) is 11.0. The fraction of sp³-hybridized carbons (Fsp3) is 0.562. The van der Waals surface area contributed by atoms with Gasteiger partial charge in [-0.15, -0.1) is 0 Å². The maximum absolute atomic E-state index is 11.6. The first-order chi connectivity index (χ1) is 8.15. The number of Topliss-reactive ketones (excluding diaryl/α,β-unsaturated/α-hetero) is 1. The fourth-order valence-electron chi connectivity index (χ4n) is 2.79. The standard InChI is InChI=1S/C16H22O/c1-12-7-8-13(2)15(9-12)10-14-5-3-4-6-16(17)11-14/h7-9,14H,3-6,10-11H2,1-2H3. The van der Waals surface area contributed by atoms with Crippen LogP contribution < -0.4 is 0 Å². The molecule has 1 saturated carbocycles. The summed E-state index contributed by atoms with van der Waals surface area (Å²) in [5.41, 5.74) is 4.13. The summed E-state index contributed by atoms with van der Waals surface area (Å²) in [7, 11) is 0. The number of carbonyl (C=O) groups is 1. The van der Waals surface area contributed by atoms with Gasteiger partial charge in [-0.05, 0) is 50.2 Å². The molecule has 1 fully saturated rings. The van der Waals surface area contributed by atoms with Crippen LogP contribution in [0.1, 0.15) is 48.8 Å². The number of ketones is 1. The molecule has 92 valence electrons. The van der Waals surface area contributed by atoms with E-state index in [0.29, 0.717) is 11.7 Å². The smallest absolute Gasteiger partial charge is 0.133 e. The van der Waals surface area contributed by atoms with Crippen molar-refractivity contribution >= 4 is 5.78 Å². The molecule has 17 heavy (non-hydrogen) atoms. The van der Waals surface area contributed by atoms with E-state index in [1.807, 2.05) is 0 Å². The molecule has 0 bridgehead atoms. The number of rotatable bonds is 2. The van der Waals surface area contributed by atoms with E-state index in [4.69, 9.17) is 0 Å². The maximum atomic E-state index is 11.6. The third kappa shape index (κ3) is 3.42. The molecule has 0 N–H and O–H groups in total. The summed E-state index contributed by atoms with van der Waals surface area (Å²) in [6, 6.07) is 6.64. The molecule has 1 aromatic rings. The Hall–Kier alpha value is -1.11. The van der Waals surface area contributed by atoms with Gasteiger partial charge in [0.2, 0.25) is 0 Å². The van der Waals surface area contributed by atoms with Gasteiger partial charge in [-0.1, -0.05) is 30.2 Å². The molecule has 0 aromatic heterocycles. The fourth-order valence-corrected chi connectivity index (χ4v) is 2.79. The van der Waals surface area contributed by atoms with Gasteiger partial charge in [-0.25, -0.2) is 0 Å². The lowest BCUT2D eigenvalue weighted by Crippen LogP contribution is -2.09. The molecule has 1 aliphatic rings. The van der Waals surface area contributed by atoms with E-state index >= 15 is 0 Å². The zero-order valence-electron chi connectivity index (χ0n) is 11.0.